The van der Waals surface area contributed by atoms with E-state index in [9.17, 15) is 14.0 Å². The monoisotopic (exact) mass is 397 g/mol. The lowest BCUT2D eigenvalue weighted by Crippen LogP contribution is -3.16. The Balaban J connectivity index is 1.44. The van der Waals surface area contributed by atoms with E-state index in [1.54, 1.807) is 30.9 Å². The summed E-state index contributed by atoms with van der Waals surface area (Å²) < 4.78 is 13.1. The average Bonchev–Trinajstić information content (AvgIpc) is 2.70. The predicted molar refractivity (Wildman–Crippen MR) is 111 cm³/mol. The van der Waals surface area contributed by atoms with Gasteiger partial charge in [0.2, 0.25) is 5.91 Å². The van der Waals surface area contributed by atoms with Crippen molar-refractivity contribution in [3.63, 3.8) is 0 Å². The summed E-state index contributed by atoms with van der Waals surface area (Å²) in [6, 6.07) is 13.9. The molecule has 7 heteroatoms. The topological polar surface area (TPSA) is 57.1 Å². The van der Waals surface area contributed by atoms with Crippen molar-refractivity contribution < 1.29 is 18.9 Å². The molecule has 1 fully saturated rings. The van der Waals surface area contributed by atoms with Gasteiger partial charge >= 0.3 is 0 Å². The summed E-state index contributed by atoms with van der Waals surface area (Å²) in [6.45, 7) is 7.11. The number of hydrogen-bond donors (Lipinski definition) is 2. The zero-order valence-corrected chi connectivity index (χ0v) is 16.7. The quantitative estimate of drug-likeness (QED) is 0.821. The van der Waals surface area contributed by atoms with Crippen molar-refractivity contribution in [1.82, 2.24) is 0 Å². The van der Waals surface area contributed by atoms with Gasteiger partial charge in [-0.1, -0.05) is 12.1 Å². The molecule has 2 N–H and O–H groups in total. The minimum Gasteiger partial charge on any atom is -0.360 e. The number of hydrogen-bond acceptors (Lipinski definition) is 3. The van der Waals surface area contributed by atoms with Crippen LogP contribution in [0, 0.1) is 5.82 Å². The van der Waals surface area contributed by atoms with Crippen LogP contribution in [-0.2, 0) is 9.59 Å². The van der Waals surface area contributed by atoms with Crippen LogP contribution in [-0.4, -0.2) is 50.1 Å². The molecule has 1 saturated heterocycles. The number of amides is 2. The first-order valence-corrected chi connectivity index (χ1v) is 9.94. The van der Waals surface area contributed by atoms with Gasteiger partial charge in [0.25, 0.3) is 5.91 Å². The minimum absolute atomic E-state index is 0.0532. The Morgan fingerprint density at radius 1 is 1.10 bits per heavy atom. The molecule has 0 atom stereocenters. The number of anilines is 3. The third-order valence-electron chi connectivity index (χ3n) is 5.82. The maximum atomic E-state index is 13.2. The predicted octanol–water partition coefficient (Wildman–Crippen LogP) is 1.29. The van der Waals surface area contributed by atoms with Gasteiger partial charge in [0.1, 0.15) is 11.4 Å². The highest BCUT2D eigenvalue weighted by Gasteiger charge is 2.44. The molecule has 4 rings (SSSR count). The van der Waals surface area contributed by atoms with Gasteiger partial charge in [-0.05, 0) is 50.2 Å². The Labute approximate surface area is 169 Å². The molecule has 2 aromatic carbocycles. The Kier molecular flexibility index (Phi) is 5.00. The maximum absolute atomic E-state index is 13.2. The number of nitrogens with zero attached hydrogens (tertiary/aromatic N) is 2. The summed E-state index contributed by atoms with van der Waals surface area (Å²) in [7, 11) is 0. The number of carbonyl (C=O) groups excluding carboxylic acids is 2. The van der Waals surface area contributed by atoms with Crippen LogP contribution in [0.2, 0.25) is 0 Å². The third kappa shape index (κ3) is 3.70. The highest BCUT2D eigenvalue weighted by molar-refractivity contribution is 6.14. The standard InChI is InChI=1S/C22H25FN4O2/c1-22(2)21(29)24-18-5-3-4-6-19(18)27(22)20(28)15-25-11-13-26(14-12-25)17-9-7-16(23)8-10-17/h3-10H,11-15H2,1-2H3,(H,24,29)/p+1. The van der Waals surface area contributed by atoms with Gasteiger partial charge in [-0.3, -0.25) is 14.5 Å². The number of para-hydroxylation sites is 2. The number of carbonyl (C=O) groups is 2. The number of nitrogens with one attached hydrogen (secondary N) is 2. The van der Waals surface area contributed by atoms with Crippen LogP contribution in [0.3, 0.4) is 0 Å². The number of rotatable bonds is 3. The third-order valence-corrected chi connectivity index (χ3v) is 5.82. The van der Waals surface area contributed by atoms with Crippen LogP contribution >= 0.6 is 0 Å². The number of fused-ring (bicyclic) bond motifs is 1. The minimum atomic E-state index is -0.944. The first-order valence-electron chi connectivity index (χ1n) is 9.94. The molecular formula is C22H26FN4O2+. The summed E-state index contributed by atoms with van der Waals surface area (Å²) in [5.41, 5.74) is 1.47. The van der Waals surface area contributed by atoms with E-state index in [-0.39, 0.29) is 17.6 Å². The zero-order chi connectivity index (χ0) is 20.6. The summed E-state index contributed by atoms with van der Waals surface area (Å²) >= 11 is 0. The molecule has 2 amide bonds. The Hall–Kier alpha value is -2.93. The molecule has 0 radical (unpaired) electrons. The fourth-order valence-corrected chi connectivity index (χ4v) is 4.10. The number of quaternary nitrogens is 1. The number of halogens is 1. The average molecular weight is 397 g/mol. The van der Waals surface area contributed by atoms with Gasteiger partial charge in [-0.15, -0.1) is 0 Å². The lowest BCUT2D eigenvalue weighted by Gasteiger charge is -2.42. The maximum Gasteiger partial charge on any atom is 0.283 e. The lowest BCUT2D eigenvalue weighted by molar-refractivity contribution is -0.892. The second-order valence-corrected chi connectivity index (χ2v) is 8.15. The highest BCUT2D eigenvalue weighted by Crippen LogP contribution is 2.36. The van der Waals surface area contributed by atoms with Crippen LogP contribution in [0.25, 0.3) is 0 Å². The van der Waals surface area contributed by atoms with Gasteiger partial charge in [-0.25, -0.2) is 4.39 Å². The van der Waals surface area contributed by atoms with Crippen molar-refractivity contribution in [2.45, 2.75) is 19.4 Å². The summed E-state index contributed by atoms with van der Waals surface area (Å²) in [6.07, 6.45) is 0. The molecule has 0 aromatic heterocycles. The van der Waals surface area contributed by atoms with Crippen molar-refractivity contribution in [2.75, 3.05) is 47.8 Å². The number of piperazine rings is 1. The van der Waals surface area contributed by atoms with E-state index >= 15 is 0 Å². The second-order valence-electron chi connectivity index (χ2n) is 8.15. The molecule has 29 heavy (non-hydrogen) atoms. The van der Waals surface area contributed by atoms with Gasteiger partial charge in [0, 0.05) is 5.69 Å². The van der Waals surface area contributed by atoms with Gasteiger partial charge in [-0.2, -0.15) is 0 Å². The molecule has 0 saturated carbocycles. The lowest BCUT2D eigenvalue weighted by atomic mass is 9.96. The van der Waals surface area contributed by atoms with Crippen molar-refractivity contribution in [3.8, 4) is 0 Å². The van der Waals surface area contributed by atoms with Gasteiger partial charge in [0.05, 0.1) is 37.6 Å². The van der Waals surface area contributed by atoms with E-state index < -0.39 is 5.54 Å². The summed E-state index contributed by atoms with van der Waals surface area (Å²) in [5, 5.41) is 2.89. The molecule has 0 aliphatic carbocycles. The van der Waals surface area contributed by atoms with Gasteiger partial charge in [0.15, 0.2) is 6.54 Å². The SMILES string of the molecule is CC1(C)C(=O)Nc2ccccc2N1C(=O)C[NH+]1CCN(c2ccc(F)cc2)CC1. The first kappa shape index (κ1) is 19.4. The van der Waals surface area contributed by atoms with Crippen LogP contribution in [0.15, 0.2) is 48.5 Å². The largest absolute Gasteiger partial charge is 0.360 e. The van der Waals surface area contributed by atoms with Crippen LogP contribution < -0.4 is 20.0 Å². The molecule has 2 aromatic rings. The smallest absolute Gasteiger partial charge is 0.283 e. The van der Waals surface area contributed by atoms with E-state index in [2.05, 4.69) is 10.2 Å². The molecular weight excluding hydrogens is 371 g/mol. The van der Waals surface area contributed by atoms with E-state index in [1.807, 2.05) is 24.3 Å². The summed E-state index contributed by atoms with van der Waals surface area (Å²) in [4.78, 5) is 30.8. The molecule has 2 heterocycles. The van der Waals surface area contributed by atoms with Crippen molar-refractivity contribution >= 4 is 28.9 Å². The fourth-order valence-electron chi connectivity index (χ4n) is 4.10. The van der Waals surface area contributed by atoms with Crippen LogP contribution in [0.4, 0.5) is 21.5 Å². The zero-order valence-electron chi connectivity index (χ0n) is 16.7. The van der Waals surface area contributed by atoms with Crippen molar-refractivity contribution in [2.24, 2.45) is 0 Å². The number of benzene rings is 2. The van der Waals surface area contributed by atoms with Gasteiger partial charge < -0.3 is 15.1 Å². The van der Waals surface area contributed by atoms with Crippen molar-refractivity contribution in [3.05, 3.63) is 54.3 Å². The molecule has 0 bridgehead atoms. The van der Waals surface area contributed by atoms with E-state index in [0.29, 0.717) is 12.2 Å². The van der Waals surface area contributed by atoms with Crippen LogP contribution in [0.5, 0.6) is 0 Å². The molecule has 6 nitrogen and oxygen atoms in total. The van der Waals surface area contributed by atoms with Crippen molar-refractivity contribution in [1.29, 1.82) is 0 Å². The summed E-state index contributed by atoms with van der Waals surface area (Å²) in [5.74, 6) is -0.472. The van der Waals surface area contributed by atoms with E-state index in [1.165, 1.54) is 17.0 Å². The molecule has 0 spiro atoms. The van der Waals surface area contributed by atoms with E-state index in [4.69, 9.17) is 0 Å². The second kappa shape index (κ2) is 7.48. The highest BCUT2D eigenvalue weighted by atomic mass is 19.1. The molecule has 2 aliphatic heterocycles. The fraction of sp³-hybridized carbons (Fsp3) is 0.364. The normalized spacial score (nSPS) is 18.9. The Morgan fingerprint density at radius 2 is 1.76 bits per heavy atom. The first-order chi connectivity index (χ1) is 13.9. The van der Waals surface area contributed by atoms with E-state index in [0.717, 1.165) is 37.6 Å². The Morgan fingerprint density at radius 3 is 2.45 bits per heavy atom. The van der Waals surface area contributed by atoms with Crippen LogP contribution in [0.1, 0.15) is 13.8 Å². The molecule has 152 valence electrons. The molecule has 0 unspecified atom stereocenters. The Bertz CT molecular complexity index is 921. The molecule has 2 aliphatic rings.